The summed E-state index contributed by atoms with van der Waals surface area (Å²) in [6.45, 7) is 2.14. The van der Waals surface area contributed by atoms with Crippen LogP contribution >= 0.6 is 0 Å². The largest absolute Gasteiger partial charge is 0.480 e. The monoisotopic (exact) mass is 205 g/mol. The maximum atomic E-state index is 10.7. The van der Waals surface area contributed by atoms with E-state index in [1.165, 1.54) is 5.56 Å². The molecule has 0 heterocycles. The van der Waals surface area contributed by atoms with Gasteiger partial charge in [0.05, 0.1) is 0 Å². The van der Waals surface area contributed by atoms with Gasteiger partial charge in [-0.3, -0.25) is 4.79 Å². The lowest BCUT2D eigenvalue weighted by Gasteiger charge is -2.22. The third-order valence-electron chi connectivity index (χ3n) is 2.66. The van der Waals surface area contributed by atoms with Crippen molar-refractivity contribution in [2.75, 3.05) is 11.4 Å². The van der Waals surface area contributed by atoms with Crippen molar-refractivity contribution in [3.8, 4) is 0 Å². The van der Waals surface area contributed by atoms with Crippen molar-refractivity contribution in [2.24, 2.45) is 0 Å². The highest BCUT2D eigenvalue weighted by Gasteiger charge is 2.30. The molecule has 0 atom stereocenters. The van der Waals surface area contributed by atoms with Gasteiger partial charge in [0, 0.05) is 11.7 Å². The second-order valence-electron chi connectivity index (χ2n) is 4.09. The van der Waals surface area contributed by atoms with Gasteiger partial charge in [-0.1, -0.05) is 17.7 Å². The number of nitrogens with zero attached hydrogens (tertiary/aromatic N) is 1. The second kappa shape index (κ2) is 3.93. The van der Waals surface area contributed by atoms with Crippen LogP contribution in [0.1, 0.15) is 18.4 Å². The van der Waals surface area contributed by atoms with Crippen LogP contribution in [0.3, 0.4) is 0 Å². The zero-order valence-corrected chi connectivity index (χ0v) is 8.81. The summed E-state index contributed by atoms with van der Waals surface area (Å²) in [6, 6.07) is 8.47. The van der Waals surface area contributed by atoms with Crippen molar-refractivity contribution >= 4 is 11.7 Å². The third-order valence-corrected chi connectivity index (χ3v) is 2.66. The van der Waals surface area contributed by atoms with E-state index in [2.05, 4.69) is 0 Å². The molecule has 1 N–H and O–H groups in total. The van der Waals surface area contributed by atoms with Crippen LogP contribution in [0.2, 0.25) is 0 Å². The first kappa shape index (κ1) is 10.0. The minimum absolute atomic E-state index is 0.105. The summed E-state index contributed by atoms with van der Waals surface area (Å²) in [7, 11) is 0. The summed E-state index contributed by atoms with van der Waals surface area (Å²) in [6.07, 6.45) is 2.22. The van der Waals surface area contributed by atoms with E-state index < -0.39 is 5.97 Å². The molecule has 1 fully saturated rings. The van der Waals surface area contributed by atoms with Crippen LogP contribution < -0.4 is 4.90 Å². The number of aliphatic carboxylic acids is 1. The highest BCUT2D eigenvalue weighted by molar-refractivity contribution is 5.74. The molecule has 3 nitrogen and oxygen atoms in total. The van der Waals surface area contributed by atoms with Crippen molar-refractivity contribution in [1.82, 2.24) is 0 Å². The quantitative estimate of drug-likeness (QED) is 0.817. The first-order chi connectivity index (χ1) is 7.16. The van der Waals surface area contributed by atoms with Gasteiger partial charge in [-0.25, -0.2) is 0 Å². The normalized spacial score (nSPS) is 15.0. The van der Waals surface area contributed by atoms with E-state index in [-0.39, 0.29) is 6.54 Å². The van der Waals surface area contributed by atoms with E-state index in [9.17, 15) is 4.79 Å². The smallest absolute Gasteiger partial charge is 0.323 e. The minimum Gasteiger partial charge on any atom is -0.480 e. The number of carboxylic acids is 1. The van der Waals surface area contributed by atoms with Crippen LogP contribution in [-0.4, -0.2) is 23.7 Å². The number of carbonyl (C=O) groups is 1. The Morgan fingerprint density at radius 1 is 1.40 bits per heavy atom. The van der Waals surface area contributed by atoms with Gasteiger partial charge in [-0.05, 0) is 31.9 Å². The third kappa shape index (κ3) is 2.49. The molecule has 0 radical (unpaired) electrons. The van der Waals surface area contributed by atoms with Gasteiger partial charge < -0.3 is 10.0 Å². The molecule has 0 spiro atoms. The van der Waals surface area contributed by atoms with E-state index in [4.69, 9.17) is 5.11 Å². The molecule has 2 rings (SSSR count). The van der Waals surface area contributed by atoms with Crippen LogP contribution in [0, 0.1) is 6.92 Å². The molecule has 80 valence electrons. The first-order valence-electron chi connectivity index (χ1n) is 5.22. The molecule has 0 aliphatic heterocycles. The Bertz CT molecular complexity index is 354. The first-order valence-corrected chi connectivity index (χ1v) is 5.22. The molecular formula is C12H15NO2. The number of carboxylic acid groups (broad SMARTS) is 1. The van der Waals surface area contributed by atoms with Crippen LogP contribution in [-0.2, 0) is 4.79 Å². The number of aryl methyl sites for hydroxylation is 1. The maximum Gasteiger partial charge on any atom is 0.323 e. The second-order valence-corrected chi connectivity index (χ2v) is 4.09. The standard InChI is InChI=1S/C12H15NO2/c1-9-2-4-10(5-3-9)13(8-12(14)15)11-6-7-11/h2-5,11H,6-8H2,1H3,(H,14,15). The Morgan fingerprint density at radius 3 is 2.47 bits per heavy atom. The van der Waals surface area contributed by atoms with E-state index >= 15 is 0 Å². The zero-order valence-electron chi connectivity index (χ0n) is 8.81. The van der Waals surface area contributed by atoms with Gasteiger partial charge >= 0.3 is 5.97 Å². The lowest BCUT2D eigenvalue weighted by molar-refractivity contribution is -0.135. The Kier molecular flexibility index (Phi) is 2.62. The lowest BCUT2D eigenvalue weighted by atomic mass is 10.2. The van der Waals surface area contributed by atoms with Gasteiger partial charge in [0.25, 0.3) is 0 Å². The molecule has 1 aromatic carbocycles. The van der Waals surface area contributed by atoms with Crippen LogP contribution in [0.25, 0.3) is 0 Å². The number of hydrogen-bond acceptors (Lipinski definition) is 2. The van der Waals surface area contributed by atoms with Gasteiger partial charge in [0.1, 0.15) is 6.54 Å². The summed E-state index contributed by atoms with van der Waals surface area (Å²) < 4.78 is 0. The molecule has 0 saturated heterocycles. The van der Waals surface area contributed by atoms with Crippen LogP contribution in [0.5, 0.6) is 0 Å². The average molecular weight is 205 g/mol. The maximum absolute atomic E-state index is 10.7. The molecule has 0 bridgehead atoms. The summed E-state index contributed by atoms with van der Waals surface area (Å²) in [5.74, 6) is -0.762. The number of anilines is 1. The van der Waals surface area contributed by atoms with Gasteiger partial charge in [-0.15, -0.1) is 0 Å². The molecule has 0 aromatic heterocycles. The molecule has 15 heavy (non-hydrogen) atoms. The molecule has 1 aromatic rings. The number of hydrogen-bond donors (Lipinski definition) is 1. The topological polar surface area (TPSA) is 40.5 Å². The van der Waals surface area contributed by atoms with Crippen molar-refractivity contribution in [2.45, 2.75) is 25.8 Å². The van der Waals surface area contributed by atoms with Gasteiger partial charge in [0.2, 0.25) is 0 Å². The number of rotatable bonds is 4. The lowest BCUT2D eigenvalue weighted by Crippen LogP contribution is -2.31. The zero-order chi connectivity index (χ0) is 10.8. The van der Waals surface area contributed by atoms with Crippen LogP contribution in [0.15, 0.2) is 24.3 Å². The van der Waals surface area contributed by atoms with Crippen molar-refractivity contribution in [3.63, 3.8) is 0 Å². The van der Waals surface area contributed by atoms with E-state index in [1.807, 2.05) is 36.1 Å². The molecule has 1 aliphatic rings. The Hall–Kier alpha value is -1.51. The predicted octanol–water partition coefficient (Wildman–Crippen LogP) is 2.05. The van der Waals surface area contributed by atoms with Crippen LogP contribution in [0.4, 0.5) is 5.69 Å². The van der Waals surface area contributed by atoms with E-state index in [0.29, 0.717) is 6.04 Å². The number of benzene rings is 1. The summed E-state index contributed by atoms with van der Waals surface area (Å²) >= 11 is 0. The molecule has 0 amide bonds. The average Bonchev–Trinajstić information content (AvgIpc) is 2.99. The Labute approximate surface area is 89.3 Å². The highest BCUT2D eigenvalue weighted by Crippen LogP contribution is 2.31. The molecular weight excluding hydrogens is 190 g/mol. The fraction of sp³-hybridized carbons (Fsp3) is 0.417. The van der Waals surface area contributed by atoms with Gasteiger partial charge in [0.15, 0.2) is 0 Å². The van der Waals surface area contributed by atoms with Crippen molar-refractivity contribution in [3.05, 3.63) is 29.8 Å². The van der Waals surface area contributed by atoms with Crippen molar-refractivity contribution in [1.29, 1.82) is 0 Å². The molecule has 0 unspecified atom stereocenters. The summed E-state index contributed by atoms with van der Waals surface area (Å²) in [4.78, 5) is 12.7. The fourth-order valence-corrected chi connectivity index (χ4v) is 1.70. The minimum atomic E-state index is -0.762. The highest BCUT2D eigenvalue weighted by atomic mass is 16.4. The predicted molar refractivity (Wildman–Crippen MR) is 59.2 cm³/mol. The summed E-state index contributed by atoms with van der Waals surface area (Å²) in [5.41, 5.74) is 2.22. The fourth-order valence-electron chi connectivity index (χ4n) is 1.70. The molecule has 1 aliphatic carbocycles. The van der Waals surface area contributed by atoms with E-state index in [0.717, 1.165) is 18.5 Å². The van der Waals surface area contributed by atoms with Gasteiger partial charge in [-0.2, -0.15) is 0 Å². The molecule has 1 saturated carbocycles. The Balaban J connectivity index is 2.16. The molecule has 3 heteroatoms. The van der Waals surface area contributed by atoms with E-state index in [1.54, 1.807) is 0 Å². The SMILES string of the molecule is Cc1ccc(N(CC(=O)O)C2CC2)cc1. The summed E-state index contributed by atoms with van der Waals surface area (Å²) in [5, 5.41) is 8.83. The van der Waals surface area contributed by atoms with Crippen molar-refractivity contribution < 1.29 is 9.90 Å². The Morgan fingerprint density at radius 2 is 2.00 bits per heavy atom.